The fraction of sp³-hybridized carbons (Fsp3) is 0.538. The normalized spacial score (nSPS) is 21.5. The standard InChI is InChI=1S/C13H18BrNOS/c1-16-11-2-3-12(14)10(6-11)7-13(15)9-4-5-17-8-9/h2-3,6,9,13H,4-5,7-8,15H2,1H3. The topological polar surface area (TPSA) is 35.2 Å². The van der Waals surface area contributed by atoms with E-state index in [9.17, 15) is 0 Å². The fourth-order valence-electron chi connectivity index (χ4n) is 2.15. The maximum absolute atomic E-state index is 6.30. The van der Waals surface area contributed by atoms with Crippen LogP contribution in [0.1, 0.15) is 12.0 Å². The van der Waals surface area contributed by atoms with Gasteiger partial charge in [0.05, 0.1) is 7.11 Å². The highest BCUT2D eigenvalue weighted by Crippen LogP contribution is 2.29. The van der Waals surface area contributed by atoms with E-state index in [1.807, 2.05) is 23.9 Å². The lowest BCUT2D eigenvalue weighted by molar-refractivity contribution is 0.413. The minimum Gasteiger partial charge on any atom is -0.497 e. The average Bonchev–Trinajstić information content (AvgIpc) is 2.85. The predicted molar refractivity (Wildman–Crippen MR) is 77.8 cm³/mol. The SMILES string of the molecule is COc1ccc(Br)c(CC(N)C2CCSC2)c1. The second-order valence-electron chi connectivity index (χ2n) is 4.45. The Balaban J connectivity index is 2.06. The Morgan fingerprint density at radius 2 is 2.41 bits per heavy atom. The van der Waals surface area contributed by atoms with Crippen molar-refractivity contribution in [3.63, 3.8) is 0 Å². The van der Waals surface area contributed by atoms with Crippen LogP contribution in [-0.4, -0.2) is 24.7 Å². The number of hydrogen-bond donors (Lipinski definition) is 1. The summed E-state index contributed by atoms with van der Waals surface area (Å²) in [6.07, 6.45) is 2.18. The molecule has 0 bridgehead atoms. The number of methoxy groups -OCH3 is 1. The monoisotopic (exact) mass is 315 g/mol. The zero-order valence-corrected chi connectivity index (χ0v) is 12.4. The molecular weight excluding hydrogens is 298 g/mol. The molecule has 2 unspecified atom stereocenters. The van der Waals surface area contributed by atoms with Crippen LogP contribution in [0.3, 0.4) is 0 Å². The first-order valence-electron chi connectivity index (χ1n) is 5.86. The van der Waals surface area contributed by atoms with Gasteiger partial charge in [0, 0.05) is 10.5 Å². The van der Waals surface area contributed by atoms with Crippen molar-refractivity contribution < 1.29 is 4.74 Å². The van der Waals surface area contributed by atoms with Crippen molar-refractivity contribution in [2.24, 2.45) is 11.7 Å². The van der Waals surface area contributed by atoms with E-state index in [4.69, 9.17) is 10.5 Å². The van der Waals surface area contributed by atoms with E-state index in [2.05, 4.69) is 22.0 Å². The van der Waals surface area contributed by atoms with Crippen molar-refractivity contribution in [2.75, 3.05) is 18.6 Å². The summed E-state index contributed by atoms with van der Waals surface area (Å²) in [5, 5.41) is 0. The molecule has 1 saturated heterocycles. The van der Waals surface area contributed by atoms with E-state index >= 15 is 0 Å². The first-order valence-corrected chi connectivity index (χ1v) is 7.81. The van der Waals surface area contributed by atoms with E-state index < -0.39 is 0 Å². The molecule has 2 atom stereocenters. The summed E-state index contributed by atoms with van der Waals surface area (Å²) in [4.78, 5) is 0. The van der Waals surface area contributed by atoms with Crippen LogP contribution in [0.5, 0.6) is 5.75 Å². The van der Waals surface area contributed by atoms with Crippen LogP contribution < -0.4 is 10.5 Å². The third kappa shape index (κ3) is 3.39. The molecule has 1 aliphatic rings. The molecule has 1 fully saturated rings. The number of halogens is 1. The number of thioether (sulfide) groups is 1. The summed E-state index contributed by atoms with van der Waals surface area (Å²) >= 11 is 5.60. The van der Waals surface area contributed by atoms with Crippen LogP contribution in [0.4, 0.5) is 0 Å². The van der Waals surface area contributed by atoms with Crippen molar-refractivity contribution >= 4 is 27.7 Å². The molecule has 4 heteroatoms. The molecule has 2 rings (SSSR count). The molecule has 94 valence electrons. The summed E-state index contributed by atoms with van der Waals surface area (Å²) in [5.74, 6) is 4.04. The molecule has 0 saturated carbocycles. The van der Waals surface area contributed by atoms with Crippen LogP contribution >= 0.6 is 27.7 Å². The van der Waals surface area contributed by atoms with Crippen molar-refractivity contribution in [2.45, 2.75) is 18.9 Å². The summed E-state index contributed by atoms with van der Waals surface area (Å²) in [5.41, 5.74) is 7.54. The molecule has 2 nitrogen and oxygen atoms in total. The van der Waals surface area contributed by atoms with Crippen LogP contribution in [0, 0.1) is 5.92 Å². The molecule has 0 amide bonds. The number of hydrogen-bond acceptors (Lipinski definition) is 3. The first-order chi connectivity index (χ1) is 8.20. The minimum atomic E-state index is 0.258. The Morgan fingerprint density at radius 1 is 1.59 bits per heavy atom. The van der Waals surface area contributed by atoms with Gasteiger partial charge in [-0.05, 0) is 54.0 Å². The lowest BCUT2D eigenvalue weighted by atomic mass is 9.94. The summed E-state index contributed by atoms with van der Waals surface area (Å²) in [7, 11) is 1.69. The quantitative estimate of drug-likeness (QED) is 0.927. The third-order valence-electron chi connectivity index (χ3n) is 3.28. The average molecular weight is 316 g/mol. The Labute approximate surface area is 115 Å². The molecule has 1 aromatic rings. The van der Waals surface area contributed by atoms with Gasteiger partial charge >= 0.3 is 0 Å². The van der Waals surface area contributed by atoms with Crippen LogP contribution in [0.25, 0.3) is 0 Å². The lowest BCUT2D eigenvalue weighted by Crippen LogP contribution is -2.32. The molecule has 1 aliphatic heterocycles. The van der Waals surface area contributed by atoms with Gasteiger partial charge in [0.2, 0.25) is 0 Å². The number of rotatable bonds is 4. The van der Waals surface area contributed by atoms with Gasteiger partial charge in [-0.1, -0.05) is 15.9 Å². The second-order valence-corrected chi connectivity index (χ2v) is 6.45. The van der Waals surface area contributed by atoms with Gasteiger partial charge in [-0.2, -0.15) is 11.8 Å². The van der Waals surface area contributed by atoms with Crippen molar-refractivity contribution in [3.05, 3.63) is 28.2 Å². The maximum Gasteiger partial charge on any atom is 0.119 e. The molecule has 1 aromatic carbocycles. The number of ether oxygens (including phenoxy) is 1. The molecule has 0 spiro atoms. The van der Waals surface area contributed by atoms with Gasteiger partial charge in [-0.15, -0.1) is 0 Å². The summed E-state index contributed by atoms with van der Waals surface area (Å²) in [6.45, 7) is 0. The predicted octanol–water partition coefficient (Wildman–Crippen LogP) is 3.08. The Bertz CT molecular complexity index is 380. The molecule has 1 heterocycles. The molecule has 17 heavy (non-hydrogen) atoms. The molecule has 0 radical (unpaired) electrons. The first kappa shape index (κ1) is 13.2. The van der Waals surface area contributed by atoms with Crippen molar-refractivity contribution in [1.82, 2.24) is 0 Å². The maximum atomic E-state index is 6.30. The summed E-state index contributed by atoms with van der Waals surface area (Å²) < 4.78 is 6.38. The highest BCUT2D eigenvalue weighted by atomic mass is 79.9. The van der Waals surface area contributed by atoms with E-state index in [0.717, 1.165) is 16.6 Å². The zero-order chi connectivity index (χ0) is 12.3. The lowest BCUT2D eigenvalue weighted by Gasteiger charge is -2.19. The van der Waals surface area contributed by atoms with Crippen molar-refractivity contribution in [3.8, 4) is 5.75 Å². The molecular formula is C13H18BrNOS. The van der Waals surface area contributed by atoms with Gasteiger partial charge in [0.1, 0.15) is 5.75 Å². The van der Waals surface area contributed by atoms with Crippen LogP contribution in [-0.2, 0) is 6.42 Å². The Morgan fingerprint density at radius 3 is 3.06 bits per heavy atom. The fourth-order valence-corrected chi connectivity index (χ4v) is 3.91. The molecule has 2 N–H and O–H groups in total. The summed E-state index contributed by atoms with van der Waals surface area (Å²) in [6, 6.07) is 6.33. The molecule has 0 aromatic heterocycles. The van der Waals surface area contributed by atoms with Crippen molar-refractivity contribution in [1.29, 1.82) is 0 Å². The second kappa shape index (κ2) is 6.12. The van der Waals surface area contributed by atoms with Gasteiger partial charge in [0.25, 0.3) is 0 Å². The number of nitrogens with two attached hydrogens (primary N) is 1. The van der Waals surface area contributed by atoms with Gasteiger partial charge in [0.15, 0.2) is 0 Å². The van der Waals surface area contributed by atoms with E-state index in [0.29, 0.717) is 5.92 Å². The highest BCUT2D eigenvalue weighted by Gasteiger charge is 2.23. The van der Waals surface area contributed by atoms with E-state index in [1.54, 1.807) is 7.11 Å². The van der Waals surface area contributed by atoms with Gasteiger partial charge in [-0.3, -0.25) is 0 Å². The Kier molecular flexibility index (Phi) is 4.77. The minimum absolute atomic E-state index is 0.258. The van der Waals surface area contributed by atoms with Gasteiger partial charge < -0.3 is 10.5 Å². The smallest absolute Gasteiger partial charge is 0.119 e. The van der Waals surface area contributed by atoms with Gasteiger partial charge in [-0.25, -0.2) is 0 Å². The number of benzene rings is 1. The highest BCUT2D eigenvalue weighted by molar-refractivity contribution is 9.10. The van der Waals surface area contributed by atoms with E-state index in [1.165, 1.54) is 23.5 Å². The third-order valence-corrected chi connectivity index (χ3v) is 5.24. The Hall–Kier alpha value is -0.190. The molecule has 0 aliphatic carbocycles. The largest absolute Gasteiger partial charge is 0.497 e. The van der Waals surface area contributed by atoms with Crippen LogP contribution in [0.15, 0.2) is 22.7 Å². The van der Waals surface area contributed by atoms with Crippen LogP contribution in [0.2, 0.25) is 0 Å². The zero-order valence-electron chi connectivity index (χ0n) is 9.99. The van der Waals surface area contributed by atoms with E-state index in [-0.39, 0.29) is 6.04 Å².